The van der Waals surface area contributed by atoms with Crippen LogP contribution in [0.4, 0.5) is 15.8 Å². The van der Waals surface area contributed by atoms with Crippen LogP contribution < -0.4 is 10.6 Å². The predicted octanol–water partition coefficient (Wildman–Crippen LogP) is 2.62. The van der Waals surface area contributed by atoms with E-state index in [1.165, 1.54) is 37.4 Å². The van der Waals surface area contributed by atoms with E-state index in [-0.39, 0.29) is 11.6 Å². The molecule has 0 aliphatic rings. The molecule has 7 nitrogen and oxygen atoms in total. The highest BCUT2D eigenvalue weighted by Gasteiger charge is 2.12. The number of carbonyl (C=O) groups excluding carboxylic acids is 2. The molecular formula is C17H14FN5O2. The summed E-state index contributed by atoms with van der Waals surface area (Å²) in [6, 6.07) is 7.02. The number of halogens is 1. The van der Waals surface area contributed by atoms with Gasteiger partial charge in [0.2, 0.25) is 5.91 Å². The van der Waals surface area contributed by atoms with Crippen molar-refractivity contribution in [2.45, 2.75) is 6.92 Å². The van der Waals surface area contributed by atoms with E-state index in [4.69, 9.17) is 0 Å². The molecule has 0 unspecified atom stereocenters. The summed E-state index contributed by atoms with van der Waals surface area (Å²) in [5.74, 6) is -0.880. The molecule has 0 saturated heterocycles. The lowest BCUT2D eigenvalue weighted by Crippen LogP contribution is -2.14. The highest BCUT2D eigenvalue weighted by Crippen LogP contribution is 2.20. The van der Waals surface area contributed by atoms with Crippen molar-refractivity contribution in [2.75, 3.05) is 10.6 Å². The zero-order valence-corrected chi connectivity index (χ0v) is 13.2. The van der Waals surface area contributed by atoms with Crippen molar-refractivity contribution in [3.05, 3.63) is 66.6 Å². The van der Waals surface area contributed by atoms with Crippen molar-refractivity contribution >= 4 is 23.2 Å². The van der Waals surface area contributed by atoms with Gasteiger partial charge in [-0.25, -0.2) is 14.4 Å². The average Bonchev–Trinajstić information content (AvgIpc) is 3.12. The highest BCUT2D eigenvalue weighted by molar-refractivity contribution is 6.05. The standard InChI is InChI=1S/C17H14FN5O2/c1-11(24)21-13-2-3-14(18)15(9-13)22-17(25)12-4-5-20-16(8-12)23-7-6-19-10-23/h2-10H,1H3,(H,21,24)(H,22,25). The van der Waals surface area contributed by atoms with Crippen LogP contribution in [0, 0.1) is 5.82 Å². The van der Waals surface area contributed by atoms with Crippen molar-refractivity contribution < 1.29 is 14.0 Å². The number of benzene rings is 1. The number of anilines is 2. The molecule has 3 aromatic rings. The molecule has 126 valence electrons. The van der Waals surface area contributed by atoms with Gasteiger partial charge < -0.3 is 10.6 Å². The minimum Gasteiger partial charge on any atom is -0.326 e. The third-order valence-electron chi connectivity index (χ3n) is 3.31. The fourth-order valence-electron chi connectivity index (χ4n) is 2.19. The molecule has 8 heteroatoms. The molecule has 2 amide bonds. The molecule has 2 heterocycles. The summed E-state index contributed by atoms with van der Waals surface area (Å²) in [5, 5.41) is 5.03. The highest BCUT2D eigenvalue weighted by atomic mass is 19.1. The number of amides is 2. The molecule has 0 fully saturated rings. The quantitative estimate of drug-likeness (QED) is 0.765. The predicted molar refractivity (Wildman–Crippen MR) is 90.0 cm³/mol. The van der Waals surface area contributed by atoms with Crippen LogP contribution in [0.15, 0.2) is 55.2 Å². The van der Waals surface area contributed by atoms with E-state index in [0.717, 1.165) is 0 Å². The first kappa shape index (κ1) is 16.3. The number of nitrogens with one attached hydrogen (secondary N) is 2. The summed E-state index contributed by atoms with van der Waals surface area (Å²) in [6.07, 6.45) is 6.33. The molecule has 0 aliphatic carbocycles. The van der Waals surface area contributed by atoms with Crippen molar-refractivity contribution in [1.29, 1.82) is 0 Å². The van der Waals surface area contributed by atoms with Gasteiger partial charge in [-0.05, 0) is 30.3 Å². The van der Waals surface area contributed by atoms with Gasteiger partial charge in [-0.15, -0.1) is 0 Å². The molecule has 0 bridgehead atoms. The number of nitrogens with zero attached hydrogens (tertiary/aromatic N) is 3. The Morgan fingerprint density at radius 1 is 1.12 bits per heavy atom. The summed E-state index contributed by atoms with van der Waals surface area (Å²) in [5.41, 5.74) is 0.665. The topological polar surface area (TPSA) is 88.9 Å². The van der Waals surface area contributed by atoms with Gasteiger partial charge in [-0.2, -0.15) is 0 Å². The van der Waals surface area contributed by atoms with E-state index in [0.29, 0.717) is 17.1 Å². The molecule has 3 rings (SSSR count). The van der Waals surface area contributed by atoms with Crippen molar-refractivity contribution in [3.63, 3.8) is 0 Å². The summed E-state index contributed by atoms with van der Waals surface area (Å²) in [4.78, 5) is 31.6. The Morgan fingerprint density at radius 2 is 1.96 bits per heavy atom. The molecule has 2 aromatic heterocycles. The third kappa shape index (κ3) is 3.86. The van der Waals surface area contributed by atoms with Crippen molar-refractivity contribution in [2.24, 2.45) is 0 Å². The van der Waals surface area contributed by atoms with E-state index >= 15 is 0 Å². The number of pyridine rings is 1. The molecule has 2 N–H and O–H groups in total. The van der Waals surface area contributed by atoms with Gasteiger partial charge in [0.05, 0.1) is 5.69 Å². The van der Waals surface area contributed by atoms with Crippen LogP contribution in [0.2, 0.25) is 0 Å². The van der Waals surface area contributed by atoms with Crippen LogP contribution in [-0.4, -0.2) is 26.3 Å². The zero-order valence-electron chi connectivity index (χ0n) is 13.2. The van der Waals surface area contributed by atoms with Gasteiger partial charge in [0.25, 0.3) is 5.91 Å². The molecule has 0 aliphatic heterocycles. The summed E-state index contributed by atoms with van der Waals surface area (Å²) < 4.78 is 15.6. The van der Waals surface area contributed by atoms with E-state index in [2.05, 4.69) is 20.6 Å². The Balaban J connectivity index is 1.83. The number of hydrogen-bond acceptors (Lipinski definition) is 4. The zero-order chi connectivity index (χ0) is 17.8. The number of rotatable bonds is 4. The van der Waals surface area contributed by atoms with Crippen molar-refractivity contribution in [1.82, 2.24) is 14.5 Å². The molecule has 1 aromatic carbocycles. The second-order valence-corrected chi connectivity index (χ2v) is 5.20. The van der Waals surface area contributed by atoms with Crippen LogP contribution in [0.3, 0.4) is 0 Å². The Bertz CT molecular complexity index is 925. The first-order valence-electron chi connectivity index (χ1n) is 7.36. The monoisotopic (exact) mass is 339 g/mol. The molecule has 0 radical (unpaired) electrons. The maximum Gasteiger partial charge on any atom is 0.255 e. The lowest BCUT2D eigenvalue weighted by molar-refractivity contribution is -0.114. The molecule has 0 spiro atoms. The number of aromatic nitrogens is 3. The summed E-state index contributed by atoms with van der Waals surface area (Å²) in [7, 11) is 0. The Kier molecular flexibility index (Phi) is 4.51. The summed E-state index contributed by atoms with van der Waals surface area (Å²) >= 11 is 0. The van der Waals surface area contributed by atoms with Gasteiger partial charge in [-0.1, -0.05) is 0 Å². The second-order valence-electron chi connectivity index (χ2n) is 5.20. The SMILES string of the molecule is CC(=O)Nc1ccc(F)c(NC(=O)c2ccnc(-n3ccnc3)c2)c1. The van der Waals surface area contributed by atoms with Crippen LogP contribution in [0.1, 0.15) is 17.3 Å². The van der Waals surface area contributed by atoms with Crippen LogP contribution >= 0.6 is 0 Å². The normalized spacial score (nSPS) is 10.3. The maximum atomic E-state index is 13.9. The molecule has 0 saturated carbocycles. The Hall–Kier alpha value is -3.55. The van der Waals surface area contributed by atoms with E-state index in [9.17, 15) is 14.0 Å². The van der Waals surface area contributed by atoms with Gasteiger partial charge >= 0.3 is 0 Å². The molecular weight excluding hydrogens is 325 g/mol. The number of imidazole rings is 1. The minimum atomic E-state index is -0.605. The largest absolute Gasteiger partial charge is 0.326 e. The van der Waals surface area contributed by atoms with E-state index in [1.54, 1.807) is 29.4 Å². The van der Waals surface area contributed by atoms with Gasteiger partial charge in [0, 0.05) is 36.8 Å². The van der Waals surface area contributed by atoms with Crippen LogP contribution in [-0.2, 0) is 4.79 Å². The lowest BCUT2D eigenvalue weighted by Gasteiger charge is -2.10. The minimum absolute atomic E-state index is 0.0303. The fraction of sp³-hybridized carbons (Fsp3) is 0.0588. The molecule has 0 atom stereocenters. The average molecular weight is 339 g/mol. The Labute approximate surface area is 142 Å². The molecule has 25 heavy (non-hydrogen) atoms. The number of carbonyl (C=O) groups is 2. The number of hydrogen-bond donors (Lipinski definition) is 2. The van der Waals surface area contributed by atoms with Crippen molar-refractivity contribution in [3.8, 4) is 5.82 Å². The van der Waals surface area contributed by atoms with E-state index < -0.39 is 11.7 Å². The fourth-order valence-corrected chi connectivity index (χ4v) is 2.19. The maximum absolute atomic E-state index is 13.9. The van der Waals surface area contributed by atoms with Gasteiger partial charge in [-0.3, -0.25) is 14.2 Å². The third-order valence-corrected chi connectivity index (χ3v) is 3.31. The van der Waals surface area contributed by atoms with Crippen LogP contribution in [0.5, 0.6) is 0 Å². The first-order valence-corrected chi connectivity index (χ1v) is 7.36. The lowest BCUT2D eigenvalue weighted by atomic mass is 10.2. The second kappa shape index (κ2) is 6.91. The van der Waals surface area contributed by atoms with E-state index in [1.807, 2.05) is 0 Å². The van der Waals surface area contributed by atoms with Gasteiger partial charge in [0.1, 0.15) is 18.0 Å². The summed E-state index contributed by atoms with van der Waals surface area (Å²) in [6.45, 7) is 1.34. The Morgan fingerprint density at radius 3 is 2.68 bits per heavy atom. The first-order chi connectivity index (χ1) is 12.0. The van der Waals surface area contributed by atoms with Crippen LogP contribution in [0.25, 0.3) is 5.82 Å². The van der Waals surface area contributed by atoms with Gasteiger partial charge in [0.15, 0.2) is 0 Å². The smallest absolute Gasteiger partial charge is 0.255 e.